The monoisotopic (exact) mass is 306 g/mol. The van der Waals surface area contributed by atoms with E-state index in [4.69, 9.17) is 0 Å². The average molecular weight is 306 g/mol. The van der Waals surface area contributed by atoms with Crippen molar-refractivity contribution in [3.05, 3.63) is 54.6 Å². The third kappa shape index (κ3) is 2.12. The van der Waals surface area contributed by atoms with E-state index in [2.05, 4.69) is 39.2 Å². The van der Waals surface area contributed by atoms with Crippen LogP contribution in [0, 0.1) is 0 Å². The molecule has 0 bridgehead atoms. The first kappa shape index (κ1) is 14.0. The van der Waals surface area contributed by atoms with E-state index in [9.17, 15) is 5.11 Å². The van der Waals surface area contributed by atoms with Gasteiger partial charge in [0, 0.05) is 17.2 Å². The summed E-state index contributed by atoms with van der Waals surface area (Å²) < 4.78 is 2.04. The number of hydrogen-bond donors (Lipinski definition) is 2. The number of H-pyrrole nitrogens is 1. The van der Waals surface area contributed by atoms with Crippen LogP contribution in [0.4, 0.5) is 0 Å². The van der Waals surface area contributed by atoms with Gasteiger partial charge in [0.25, 0.3) is 0 Å². The quantitative estimate of drug-likeness (QED) is 0.611. The summed E-state index contributed by atoms with van der Waals surface area (Å²) in [6.45, 7) is 4.18. The Morgan fingerprint density at radius 1 is 1.09 bits per heavy atom. The number of hydrogen-bond acceptors (Lipinski definition) is 3. The van der Waals surface area contributed by atoms with E-state index in [0.717, 1.165) is 33.5 Å². The molecule has 3 aromatic heterocycles. The minimum atomic E-state index is -0.242. The maximum atomic E-state index is 9.50. The summed E-state index contributed by atoms with van der Waals surface area (Å²) in [6.07, 6.45) is 5.55. The maximum Gasteiger partial charge on any atom is 0.154 e. The lowest BCUT2D eigenvalue weighted by molar-refractivity contribution is 0.218. The molecule has 0 unspecified atom stereocenters. The lowest BCUT2D eigenvalue weighted by Gasteiger charge is -2.22. The summed E-state index contributed by atoms with van der Waals surface area (Å²) in [6, 6.07) is 10.2. The predicted octanol–water partition coefficient (Wildman–Crippen LogP) is 3.15. The van der Waals surface area contributed by atoms with Crippen LogP contribution in [0.3, 0.4) is 0 Å². The SMILES string of the molecule is CC(C)(CO)c1ccc(-c2ncn3c2cnc2[nH]ccc23)cc1. The first-order valence-corrected chi connectivity index (χ1v) is 7.61. The Morgan fingerprint density at radius 2 is 1.87 bits per heavy atom. The summed E-state index contributed by atoms with van der Waals surface area (Å²) in [5.74, 6) is 0. The molecular weight excluding hydrogens is 288 g/mol. The number of aromatic nitrogens is 4. The van der Waals surface area contributed by atoms with E-state index >= 15 is 0 Å². The van der Waals surface area contributed by atoms with Gasteiger partial charge in [-0.1, -0.05) is 38.1 Å². The molecule has 0 radical (unpaired) electrons. The Bertz CT molecular complexity index is 979. The highest BCUT2D eigenvalue weighted by Gasteiger charge is 2.19. The molecule has 0 spiro atoms. The maximum absolute atomic E-state index is 9.50. The van der Waals surface area contributed by atoms with Crippen LogP contribution >= 0.6 is 0 Å². The standard InChI is InChI=1S/C18H18N4O/c1-18(2,10-23)13-5-3-12(4-6-13)16-15-9-20-17-14(7-8-19-17)22(15)11-21-16/h3-9,11,19,23H,10H2,1-2H3. The molecule has 0 saturated carbocycles. The highest BCUT2D eigenvalue weighted by Crippen LogP contribution is 2.28. The molecular formula is C18H18N4O. The van der Waals surface area contributed by atoms with Gasteiger partial charge in [-0.05, 0) is 11.6 Å². The number of rotatable bonds is 3. The third-order valence-electron chi connectivity index (χ3n) is 4.42. The number of aromatic amines is 1. The number of nitrogens with zero attached hydrogens (tertiary/aromatic N) is 3. The smallest absolute Gasteiger partial charge is 0.154 e. The lowest BCUT2D eigenvalue weighted by atomic mass is 9.85. The van der Waals surface area contributed by atoms with Crippen molar-refractivity contribution in [2.45, 2.75) is 19.3 Å². The second kappa shape index (κ2) is 4.93. The molecule has 1 aromatic carbocycles. The molecule has 0 aliphatic carbocycles. The van der Waals surface area contributed by atoms with E-state index < -0.39 is 0 Å². The molecule has 0 aliphatic rings. The molecule has 0 atom stereocenters. The van der Waals surface area contributed by atoms with Crippen LogP contribution < -0.4 is 0 Å². The zero-order chi connectivity index (χ0) is 16.0. The van der Waals surface area contributed by atoms with Gasteiger partial charge in [-0.3, -0.25) is 4.40 Å². The fraction of sp³-hybridized carbons (Fsp3) is 0.222. The van der Waals surface area contributed by atoms with Crippen molar-refractivity contribution in [3.63, 3.8) is 0 Å². The Kier molecular flexibility index (Phi) is 2.99. The van der Waals surface area contributed by atoms with E-state index in [1.807, 2.05) is 43.0 Å². The van der Waals surface area contributed by atoms with Crippen LogP contribution in [0.15, 0.2) is 49.1 Å². The predicted molar refractivity (Wildman–Crippen MR) is 90.4 cm³/mol. The summed E-state index contributed by atoms with van der Waals surface area (Å²) in [5.41, 5.74) is 5.66. The third-order valence-corrected chi connectivity index (χ3v) is 4.42. The van der Waals surface area contributed by atoms with Gasteiger partial charge in [0.2, 0.25) is 0 Å². The summed E-state index contributed by atoms with van der Waals surface area (Å²) in [5, 5.41) is 9.50. The Hall–Kier alpha value is -2.66. The van der Waals surface area contributed by atoms with Crippen LogP contribution in [0.5, 0.6) is 0 Å². The van der Waals surface area contributed by atoms with Crippen molar-refractivity contribution < 1.29 is 5.11 Å². The number of aliphatic hydroxyl groups is 1. The van der Waals surface area contributed by atoms with Gasteiger partial charge < -0.3 is 10.1 Å². The Labute approximate surface area is 133 Å². The first-order valence-electron chi connectivity index (χ1n) is 7.61. The molecule has 23 heavy (non-hydrogen) atoms. The second-order valence-electron chi connectivity index (χ2n) is 6.44. The Balaban J connectivity index is 1.83. The average Bonchev–Trinajstić information content (AvgIpc) is 3.20. The van der Waals surface area contributed by atoms with Crippen molar-refractivity contribution in [2.24, 2.45) is 0 Å². The van der Waals surface area contributed by atoms with Crippen LogP contribution in [-0.4, -0.2) is 31.1 Å². The summed E-state index contributed by atoms with van der Waals surface area (Å²) >= 11 is 0. The summed E-state index contributed by atoms with van der Waals surface area (Å²) in [7, 11) is 0. The van der Waals surface area contributed by atoms with E-state index in [1.165, 1.54) is 0 Å². The number of imidazole rings is 1. The van der Waals surface area contributed by atoms with E-state index in [1.54, 1.807) is 0 Å². The van der Waals surface area contributed by atoms with Crippen molar-refractivity contribution in [1.82, 2.24) is 19.4 Å². The largest absolute Gasteiger partial charge is 0.395 e. The summed E-state index contributed by atoms with van der Waals surface area (Å²) in [4.78, 5) is 12.1. The van der Waals surface area contributed by atoms with Crippen LogP contribution in [0.2, 0.25) is 0 Å². The molecule has 5 nitrogen and oxygen atoms in total. The topological polar surface area (TPSA) is 66.2 Å². The molecule has 0 aliphatic heterocycles. The fourth-order valence-corrected chi connectivity index (χ4v) is 2.84. The molecule has 0 amide bonds. The molecule has 2 N–H and O–H groups in total. The van der Waals surface area contributed by atoms with Gasteiger partial charge in [-0.25, -0.2) is 9.97 Å². The number of aliphatic hydroxyl groups excluding tert-OH is 1. The van der Waals surface area contributed by atoms with E-state index in [-0.39, 0.29) is 12.0 Å². The zero-order valence-electron chi connectivity index (χ0n) is 13.1. The van der Waals surface area contributed by atoms with Gasteiger partial charge in [0.05, 0.1) is 29.5 Å². The second-order valence-corrected chi connectivity index (χ2v) is 6.44. The molecule has 4 aromatic rings. The number of nitrogens with one attached hydrogen (secondary N) is 1. The van der Waals surface area contributed by atoms with Crippen molar-refractivity contribution >= 4 is 16.7 Å². The number of fused-ring (bicyclic) bond motifs is 3. The zero-order valence-corrected chi connectivity index (χ0v) is 13.1. The van der Waals surface area contributed by atoms with Gasteiger partial charge in [-0.15, -0.1) is 0 Å². The highest BCUT2D eigenvalue weighted by atomic mass is 16.3. The first-order chi connectivity index (χ1) is 11.1. The van der Waals surface area contributed by atoms with Gasteiger partial charge in [-0.2, -0.15) is 0 Å². The molecule has 3 heterocycles. The minimum Gasteiger partial charge on any atom is -0.395 e. The molecule has 5 heteroatoms. The van der Waals surface area contributed by atoms with E-state index in [0.29, 0.717) is 0 Å². The molecule has 4 rings (SSSR count). The molecule has 0 saturated heterocycles. The van der Waals surface area contributed by atoms with Crippen molar-refractivity contribution in [3.8, 4) is 11.3 Å². The Morgan fingerprint density at radius 3 is 2.61 bits per heavy atom. The lowest BCUT2D eigenvalue weighted by Crippen LogP contribution is -2.21. The van der Waals surface area contributed by atoms with Crippen molar-refractivity contribution in [2.75, 3.05) is 6.61 Å². The normalized spacial score (nSPS) is 12.3. The van der Waals surface area contributed by atoms with Gasteiger partial charge >= 0.3 is 0 Å². The highest BCUT2D eigenvalue weighted by molar-refractivity contribution is 5.83. The minimum absolute atomic E-state index is 0.120. The molecule has 0 fully saturated rings. The van der Waals surface area contributed by atoms with Crippen LogP contribution in [-0.2, 0) is 5.41 Å². The van der Waals surface area contributed by atoms with Crippen molar-refractivity contribution in [1.29, 1.82) is 0 Å². The fourth-order valence-electron chi connectivity index (χ4n) is 2.84. The number of benzene rings is 1. The van der Waals surface area contributed by atoms with Crippen LogP contribution in [0.1, 0.15) is 19.4 Å². The van der Waals surface area contributed by atoms with Gasteiger partial charge in [0.1, 0.15) is 6.33 Å². The van der Waals surface area contributed by atoms with Crippen LogP contribution in [0.25, 0.3) is 27.9 Å². The van der Waals surface area contributed by atoms with Gasteiger partial charge in [0.15, 0.2) is 5.65 Å². The molecule has 116 valence electrons.